The second-order valence-corrected chi connectivity index (χ2v) is 6.75. The topological polar surface area (TPSA) is 101 Å². The fourth-order valence-corrected chi connectivity index (χ4v) is 3.24. The number of hydrogen-bond donors (Lipinski definition) is 0. The van der Waals surface area contributed by atoms with Crippen LogP contribution in [0.3, 0.4) is 0 Å². The molecule has 0 aliphatic carbocycles. The van der Waals surface area contributed by atoms with Crippen LogP contribution in [0.4, 0.5) is 0 Å². The maximum Gasteiger partial charge on any atom is 0.306 e. The van der Waals surface area contributed by atoms with Gasteiger partial charge in [0, 0.05) is 17.4 Å². The lowest BCUT2D eigenvalue weighted by molar-refractivity contribution is -0.145. The summed E-state index contributed by atoms with van der Waals surface area (Å²) in [6.45, 7) is 0.827. The standard InChI is InChI=1S/C19H16N2O6S/c22-14(12-1-3-15-16(9-12)25-7-6-24-15)2-4-18(23)26-10-17-20-19(27-21-17)13-5-8-28-11-13/h1,3,5,8-9,11H,2,4,6-7,10H2. The van der Waals surface area contributed by atoms with E-state index >= 15 is 0 Å². The highest BCUT2D eigenvalue weighted by molar-refractivity contribution is 7.08. The number of esters is 1. The van der Waals surface area contributed by atoms with Crippen LogP contribution in [0.2, 0.25) is 0 Å². The van der Waals surface area contributed by atoms with Gasteiger partial charge < -0.3 is 18.7 Å². The second-order valence-electron chi connectivity index (χ2n) is 5.97. The summed E-state index contributed by atoms with van der Waals surface area (Å²) in [6.07, 6.45) is -0.00656. The van der Waals surface area contributed by atoms with Crippen molar-refractivity contribution in [3.8, 4) is 23.0 Å². The minimum absolute atomic E-state index is 0.0326. The molecule has 0 saturated heterocycles. The first kappa shape index (κ1) is 18.2. The molecule has 8 nitrogen and oxygen atoms in total. The molecule has 4 rings (SSSR count). The maximum absolute atomic E-state index is 12.3. The third-order valence-electron chi connectivity index (χ3n) is 4.02. The smallest absolute Gasteiger partial charge is 0.306 e. The van der Waals surface area contributed by atoms with Crippen molar-refractivity contribution in [2.24, 2.45) is 0 Å². The highest BCUT2D eigenvalue weighted by Crippen LogP contribution is 2.31. The summed E-state index contributed by atoms with van der Waals surface area (Å²) in [5.74, 6) is 1.12. The zero-order valence-electron chi connectivity index (χ0n) is 14.8. The van der Waals surface area contributed by atoms with Crippen molar-refractivity contribution in [1.82, 2.24) is 10.1 Å². The average Bonchev–Trinajstić information content (AvgIpc) is 3.41. The first-order valence-corrected chi connectivity index (χ1v) is 9.57. The van der Waals surface area contributed by atoms with Gasteiger partial charge in [-0.3, -0.25) is 9.59 Å². The fourth-order valence-electron chi connectivity index (χ4n) is 2.61. The second kappa shape index (κ2) is 8.22. The molecule has 0 radical (unpaired) electrons. The third-order valence-corrected chi connectivity index (χ3v) is 4.70. The van der Waals surface area contributed by atoms with Gasteiger partial charge in [-0.05, 0) is 29.6 Å². The normalized spacial score (nSPS) is 12.6. The largest absolute Gasteiger partial charge is 0.486 e. The molecule has 0 unspecified atom stereocenters. The number of benzene rings is 1. The van der Waals surface area contributed by atoms with Crippen LogP contribution in [0.25, 0.3) is 11.5 Å². The Morgan fingerprint density at radius 1 is 1.11 bits per heavy atom. The van der Waals surface area contributed by atoms with Crippen LogP contribution in [0.1, 0.15) is 29.0 Å². The predicted molar refractivity (Wildman–Crippen MR) is 98.4 cm³/mol. The number of aromatic nitrogens is 2. The summed E-state index contributed by atoms with van der Waals surface area (Å²) in [5, 5.41) is 7.56. The maximum atomic E-state index is 12.3. The third kappa shape index (κ3) is 4.20. The number of nitrogens with zero attached hydrogens (tertiary/aromatic N) is 2. The molecular formula is C19H16N2O6S. The molecule has 0 N–H and O–H groups in total. The molecule has 1 aliphatic rings. The first-order valence-electron chi connectivity index (χ1n) is 8.62. The molecule has 2 aromatic heterocycles. The monoisotopic (exact) mass is 400 g/mol. The van der Waals surface area contributed by atoms with Gasteiger partial charge in [0.25, 0.3) is 5.89 Å². The number of rotatable bonds is 7. The minimum Gasteiger partial charge on any atom is -0.486 e. The summed E-state index contributed by atoms with van der Waals surface area (Å²) in [4.78, 5) is 28.4. The summed E-state index contributed by atoms with van der Waals surface area (Å²) < 4.78 is 21.1. The van der Waals surface area contributed by atoms with Crippen LogP contribution < -0.4 is 9.47 Å². The van der Waals surface area contributed by atoms with Gasteiger partial charge in [-0.2, -0.15) is 16.3 Å². The van der Waals surface area contributed by atoms with Gasteiger partial charge >= 0.3 is 5.97 Å². The van der Waals surface area contributed by atoms with E-state index in [1.165, 1.54) is 11.3 Å². The molecule has 28 heavy (non-hydrogen) atoms. The van der Waals surface area contributed by atoms with Crippen molar-refractivity contribution in [2.75, 3.05) is 13.2 Å². The molecule has 144 valence electrons. The Hall–Kier alpha value is -3.20. The first-order chi connectivity index (χ1) is 13.7. The van der Waals surface area contributed by atoms with Crippen LogP contribution in [0.5, 0.6) is 11.5 Å². The van der Waals surface area contributed by atoms with Crippen molar-refractivity contribution in [3.63, 3.8) is 0 Å². The van der Waals surface area contributed by atoms with E-state index in [-0.39, 0.29) is 31.1 Å². The number of fused-ring (bicyclic) bond motifs is 1. The molecule has 1 aliphatic heterocycles. The fraction of sp³-hybridized carbons (Fsp3) is 0.263. The number of hydrogen-bond acceptors (Lipinski definition) is 9. The van der Waals surface area contributed by atoms with Crippen molar-refractivity contribution in [1.29, 1.82) is 0 Å². The van der Waals surface area contributed by atoms with E-state index in [9.17, 15) is 9.59 Å². The predicted octanol–water partition coefficient (Wildman–Crippen LogP) is 3.28. The molecule has 0 atom stereocenters. The molecule has 9 heteroatoms. The van der Waals surface area contributed by atoms with E-state index in [0.717, 1.165) is 5.56 Å². The zero-order chi connectivity index (χ0) is 19.3. The minimum atomic E-state index is -0.507. The molecule has 3 aromatic rings. The van der Waals surface area contributed by atoms with Crippen molar-refractivity contribution < 1.29 is 28.3 Å². The molecule has 0 bridgehead atoms. The Balaban J connectivity index is 1.26. The molecule has 1 aromatic carbocycles. The van der Waals surface area contributed by atoms with Gasteiger partial charge in [-0.1, -0.05) is 5.16 Å². The van der Waals surface area contributed by atoms with E-state index in [2.05, 4.69) is 10.1 Å². The number of Topliss-reactive ketones (excluding diaryl/α,β-unsaturated/α-hetero) is 1. The number of carbonyl (C=O) groups is 2. The van der Waals surface area contributed by atoms with E-state index < -0.39 is 5.97 Å². The van der Waals surface area contributed by atoms with Crippen LogP contribution in [-0.2, 0) is 16.1 Å². The zero-order valence-corrected chi connectivity index (χ0v) is 15.6. The molecule has 0 spiro atoms. The molecule has 3 heterocycles. The lowest BCUT2D eigenvalue weighted by Gasteiger charge is -2.18. The quantitative estimate of drug-likeness (QED) is 0.440. The highest BCUT2D eigenvalue weighted by atomic mass is 32.1. The van der Waals surface area contributed by atoms with Gasteiger partial charge in [-0.15, -0.1) is 0 Å². The average molecular weight is 400 g/mol. The summed E-state index contributed by atoms with van der Waals surface area (Å²) in [5.41, 5.74) is 1.29. The van der Waals surface area contributed by atoms with Gasteiger partial charge in [0.15, 0.2) is 23.9 Å². The Bertz CT molecular complexity index is 982. The molecule has 0 amide bonds. The summed E-state index contributed by atoms with van der Waals surface area (Å²) in [6, 6.07) is 6.85. The Morgan fingerprint density at radius 3 is 2.79 bits per heavy atom. The van der Waals surface area contributed by atoms with Gasteiger partial charge in [0.05, 0.1) is 12.0 Å². The Labute approximate surface area is 164 Å². The van der Waals surface area contributed by atoms with E-state index in [0.29, 0.717) is 36.2 Å². The SMILES string of the molecule is O=C(CCC(=O)c1ccc2c(c1)OCCO2)OCc1noc(-c2ccsc2)n1. The lowest BCUT2D eigenvalue weighted by atomic mass is 10.1. The van der Waals surface area contributed by atoms with Gasteiger partial charge in [0.1, 0.15) is 13.2 Å². The Morgan fingerprint density at radius 2 is 1.96 bits per heavy atom. The molecular weight excluding hydrogens is 384 g/mol. The van der Waals surface area contributed by atoms with Crippen LogP contribution in [0, 0.1) is 0 Å². The number of ketones is 1. The molecule has 0 fully saturated rings. The summed E-state index contributed by atoms with van der Waals surface area (Å²) >= 11 is 1.52. The van der Waals surface area contributed by atoms with Gasteiger partial charge in [0.2, 0.25) is 5.82 Å². The summed E-state index contributed by atoms with van der Waals surface area (Å²) in [7, 11) is 0. The van der Waals surface area contributed by atoms with E-state index in [1.54, 1.807) is 18.2 Å². The lowest BCUT2D eigenvalue weighted by Crippen LogP contribution is -2.16. The van der Waals surface area contributed by atoms with Crippen LogP contribution >= 0.6 is 11.3 Å². The molecule has 0 saturated carbocycles. The Kier molecular flexibility index (Phi) is 5.34. The van der Waals surface area contributed by atoms with Crippen molar-refractivity contribution in [2.45, 2.75) is 19.4 Å². The highest BCUT2D eigenvalue weighted by Gasteiger charge is 2.17. The number of carbonyl (C=O) groups excluding carboxylic acids is 2. The van der Waals surface area contributed by atoms with Crippen molar-refractivity contribution >= 4 is 23.1 Å². The number of thiophene rings is 1. The number of ether oxygens (including phenoxy) is 3. The van der Waals surface area contributed by atoms with Gasteiger partial charge in [-0.25, -0.2) is 0 Å². The van der Waals surface area contributed by atoms with E-state index in [4.69, 9.17) is 18.7 Å². The van der Waals surface area contributed by atoms with Crippen molar-refractivity contribution in [3.05, 3.63) is 46.4 Å². The van der Waals surface area contributed by atoms with Crippen LogP contribution in [-0.4, -0.2) is 35.1 Å². The van der Waals surface area contributed by atoms with E-state index in [1.807, 2.05) is 16.8 Å². The van der Waals surface area contributed by atoms with Crippen LogP contribution in [0.15, 0.2) is 39.5 Å².